The number of nitroso groups, excluding NO2 is 1. The third-order valence-electron chi connectivity index (χ3n) is 1.54. The zero-order chi connectivity index (χ0) is 8.65. The first kappa shape index (κ1) is 8.65. The molecule has 2 nitrogen and oxygen atoms in total. The van der Waals surface area contributed by atoms with Gasteiger partial charge >= 0.3 is 0 Å². The fraction of sp³-hybridized carbons (Fsp3) is 0.200. The largest absolute Gasteiger partial charge is 0.150 e. The summed E-state index contributed by atoms with van der Waals surface area (Å²) in [6.45, 7) is 0.262. The first-order chi connectivity index (χ1) is 5.93. The van der Waals surface area contributed by atoms with Gasteiger partial charge in [-0.2, -0.15) is 4.91 Å². The number of allylic oxidation sites excluding steroid dienone is 6. The van der Waals surface area contributed by atoms with Crippen LogP contribution in [0.3, 0.4) is 0 Å². The lowest BCUT2D eigenvalue weighted by Gasteiger charge is -1.91. The van der Waals surface area contributed by atoms with E-state index < -0.39 is 0 Å². The van der Waals surface area contributed by atoms with E-state index in [1.807, 2.05) is 42.5 Å². The molecule has 0 bridgehead atoms. The minimum absolute atomic E-state index is 0.262. The predicted octanol–water partition coefficient (Wildman–Crippen LogP) is 2.75. The van der Waals surface area contributed by atoms with Gasteiger partial charge in [-0.15, -0.1) is 0 Å². The van der Waals surface area contributed by atoms with Crippen LogP contribution in [0.25, 0.3) is 0 Å². The average molecular weight is 161 g/mol. The van der Waals surface area contributed by atoms with Crippen molar-refractivity contribution in [2.24, 2.45) is 5.18 Å². The molecule has 1 aliphatic rings. The second-order valence-corrected chi connectivity index (χ2v) is 2.47. The molecule has 1 aliphatic carbocycles. The van der Waals surface area contributed by atoms with E-state index in [1.165, 1.54) is 0 Å². The van der Waals surface area contributed by atoms with Gasteiger partial charge in [0.15, 0.2) is 0 Å². The first-order valence-corrected chi connectivity index (χ1v) is 3.91. The highest BCUT2D eigenvalue weighted by atomic mass is 16.3. The third kappa shape index (κ3) is 3.10. The summed E-state index contributed by atoms with van der Waals surface area (Å²) >= 11 is 0. The minimum atomic E-state index is 0.262. The standard InChI is InChI=1S/C10H11NO/c12-11-9-10-7-5-3-1-2-4-6-8-10/h1-5,7-8H,6,9H2/b3-1-,4-2-,7-5+,10-8+. The van der Waals surface area contributed by atoms with Crippen LogP contribution in [0.5, 0.6) is 0 Å². The summed E-state index contributed by atoms with van der Waals surface area (Å²) in [4.78, 5) is 10.00. The highest BCUT2D eigenvalue weighted by Gasteiger charge is 1.90. The van der Waals surface area contributed by atoms with Crippen molar-refractivity contribution in [3.63, 3.8) is 0 Å². The molecule has 0 heterocycles. The van der Waals surface area contributed by atoms with Crippen LogP contribution in [-0.4, -0.2) is 6.54 Å². The van der Waals surface area contributed by atoms with E-state index in [0.29, 0.717) is 0 Å². The predicted molar refractivity (Wildman–Crippen MR) is 50.8 cm³/mol. The zero-order valence-corrected chi connectivity index (χ0v) is 6.81. The van der Waals surface area contributed by atoms with Crippen molar-refractivity contribution in [3.8, 4) is 0 Å². The third-order valence-corrected chi connectivity index (χ3v) is 1.54. The van der Waals surface area contributed by atoms with Crippen LogP contribution in [0.1, 0.15) is 6.42 Å². The second kappa shape index (κ2) is 5.24. The summed E-state index contributed by atoms with van der Waals surface area (Å²) in [6.07, 6.45) is 14.6. The lowest BCUT2D eigenvalue weighted by atomic mass is 10.2. The van der Waals surface area contributed by atoms with E-state index in [9.17, 15) is 4.91 Å². The lowest BCUT2D eigenvalue weighted by molar-refractivity contribution is 1.14. The maximum atomic E-state index is 10.00. The monoisotopic (exact) mass is 161 g/mol. The van der Waals surface area contributed by atoms with Gasteiger partial charge in [-0.3, -0.25) is 0 Å². The van der Waals surface area contributed by atoms with Crippen LogP contribution in [0, 0.1) is 4.91 Å². The summed E-state index contributed by atoms with van der Waals surface area (Å²) in [6, 6.07) is 0. The van der Waals surface area contributed by atoms with Crippen molar-refractivity contribution >= 4 is 0 Å². The van der Waals surface area contributed by atoms with Crippen LogP contribution in [0.4, 0.5) is 0 Å². The minimum Gasteiger partial charge on any atom is -0.150 e. The Hall–Kier alpha value is -1.44. The molecule has 0 N–H and O–H groups in total. The van der Waals surface area contributed by atoms with Gasteiger partial charge in [-0.25, -0.2) is 0 Å². The van der Waals surface area contributed by atoms with E-state index in [1.54, 1.807) is 0 Å². The maximum Gasteiger partial charge on any atom is 0.106 e. The summed E-state index contributed by atoms with van der Waals surface area (Å²) in [5, 5.41) is 2.84. The lowest BCUT2D eigenvalue weighted by Crippen LogP contribution is -1.82. The smallest absolute Gasteiger partial charge is 0.106 e. The molecule has 0 aromatic carbocycles. The van der Waals surface area contributed by atoms with Crippen molar-refractivity contribution in [1.29, 1.82) is 0 Å². The van der Waals surface area contributed by atoms with Crippen molar-refractivity contribution in [3.05, 3.63) is 53.0 Å². The second-order valence-electron chi connectivity index (χ2n) is 2.47. The Labute approximate surface area is 72.0 Å². The van der Waals surface area contributed by atoms with Gasteiger partial charge < -0.3 is 0 Å². The average Bonchev–Trinajstić information content (AvgIpc) is 2.19. The van der Waals surface area contributed by atoms with Gasteiger partial charge in [0.2, 0.25) is 0 Å². The van der Waals surface area contributed by atoms with E-state index in [4.69, 9.17) is 0 Å². The number of rotatable bonds is 2. The van der Waals surface area contributed by atoms with E-state index in [0.717, 1.165) is 12.0 Å². The molecule has 62 valence electrons. The van der Waals surface area contributed by atoms with E-state index in [-0.39, 0.29) is 6.54 Å². The molecule has 2 heteroatoms. The molecule has 0 aromatic rings. The normalized spacial score (nSPS) is 28.5. The Bertz CT molecular complexity index is 259. The highest BCUT2D eigenvalue weighted by Crippen LogP contribution is 2.03. The molecule has 0 radical (unpaired) electrons. The number of hydrogen-bond acceptors (Lipinski definition) is 2. The zero-order valence-electron chi connectivity index (χ0n) is 6.81. The van der Waals surface area contributed by atoms with Crippen LogP contribution >= 0.6 is 0 Å². The molecule has 0 aromatic heterocycles. The number of nitrogens with zero attached hydrogens (tertiary/aromatic N) is 1. The summed E-state index contributed by atoms with van der Waals surface area (Å²) in [7, 11) is 0. The van der Waals surface area contributed by atoms with Gasteiger partial charge in [-0.1, -0.05) is 47.7 Å². The highest BCUT2D eigenvalue weighted by molar-refractivity contribution is 5.27. The van der Waals surface area contributed by atoms with Gasteiger partial charge in [0.05, 0.1) is 0 Å². The summed E-state index contributed by atoms with van der Waals surface area (Å²) in [5.74, 6) is 0. The van der Waals surface area contributed by atoms with Crippen molar-refractivity contribution in [2.75, 3.05) is 6.54 Å². The van der Waals surface area contributed by atoms with E-state index in [2.05, 4.69) is 5.18 Å². The number of hydrogen-bond donors (Lipinski definition) is 0. The Kier molecular flexibility index (Phi) is 3.78. The quantitative estimate of drug-likeness (QED) is 0.572. The Morgan fingerprint density at radius 3 is 2.92 bits per heavy atom. The SMILES string of the molecule is O=NCC1=C/C\C=C/C=C\C=C\1. The molecular formula is C10H11NO. The molecule has 0 unspecified atom stereocenters. The topological polar surface area (TPSA) is 29.4 Å². The molecule has 12 heavy (non-hydrogen) atoms. The molecule has 0 amide bonds. The van der Waals surface area contributed by atoms with Crippen LogP contribution < -0.4 is 0 Å². The molecule has 0 saturated carbocycles. The van der Waals surface area contributed by atoms with Gasteiger partial charge in [-0.05, 0) is 12.0 Å². The molecule has 0 atom stereocenters. The summed E-state index contributed by atoms with van der Waals surface area (Å²) < 4.78 is 0. The molecule has 0 aliphatic heterocycles. The van der Waals surface area contributed by atoms with Crippen LogP contribution in [-0.2, 0) is 0 Å². The summed E-state index contributed by atoms with van der Waals surface area (Å²) in [5.41, 5.74) is 0.973. The Morgan fingerprint density at radius 2 is 2.08 bits per heavy atom. The maximum absolute atomic E-state index is 10.00. The Morgan fingerprint density at radius 1 is 1.25 bits per heavy atom. The van der Waals surface area contributed by atoms with E-state index >= 15 is 0 Å². The van der Waals surface area contributed by atoms with Gasteiger partial charge in [0.1, 0.15) is 6.54 Å². The van der Waals surface area contributed by atoms with Gasteiger partial charge in [0.25, 0.3) is 0 Å². The van der Waals surface area contributed by atoms with Crippen molar-refractivity contribution < 1.29 is 0 Å². The Balaban J connectivity index is 2.69. The molecular weight excluding hydrogens is 150 g/mol. The van der Waals surface area contributed by atoms with Gasteiger partial charge in [0, 0.05) is 0 Å². The molecule has 0 saturated heterocycles. The fourth-order valence-electron chi connectivity index (χ4n) is 0.944. The van der Waals surface area contributed by atoms with Crippen LogP contribution in [0.15, 0.2) is 53.3 Å². The van der Waals surface area contributed by atoms with Crippen molar-refractivity contribution in [1.82, 2.24) is 0 Å². The fourth-order valence-corrected chi connectivity index (χ4v) is 0.944. The van der Waals surface area contributed by atoms with Crippen LogP contribution in [0.2, 0.25) is 0 Å². The first-order valence-electron chi connectivity index (χ1n) is 3.91. The molecule has 0 spiro atoms. The van der Waals surface area contributed by atoms with Crippen molar-refractivity contribution in [2.45, 2.75) is 6.42 Å². The molecule has 1 rings (SSSR count). The molecule has 0 fully saturated rings.